The van der Waals surface area contributed by atoms with Gasteiger partial charge in [0.05, 0.1) is 12.8 Å². The quantitative estimate of drug-likeness (QED) is 0.751. The second-order valence-corrected chi connectivity index (χ2v) is 8.05. The summed E-state index contributed by atoms with van der Waals surface area (Å²) in [5.74, 6) is 0.0968. The van der Waals surface area contributed by atoms with E-state index in [-0.39, 0.29) is 24.0 Å². The predicted molar refractivity (Wildman–Crippen MR) is 110 cm³/mol. The molecule has 2 aromatic rings. The van der Waals surface area contributed by atoms with Crippen molar-refractivity contribution in [3.63, 3.8) is 0 Å². The van der Waals surface area contributed by atoms with Gasteiger partial charge in [-0.15, -0.1) is 0 Å². The Labute approximate surface area is 176 Å². The Morgan fingerprint density at radius 3 is 3.03 bits per heavy atom. The highest BCUT2D eigenvalue weighted by Crippen LogP contribution is 2.45. The number of nitrogens with two attached hydrogens (primary N) is 1. The van der Waals surface area contributed by atoms with E-state index >= 15 is 0 Å². The number of nitrogens with one attached hydrogen (secondary N) is 1. The summed E-state index contributed by atoms with van der Waals surface area (Å²) in [6.45, 7) is -0.164. The van der Waals surface area contributed by atoms with Crippen molar-refractivity contribution in [3.8, 4) is 5.75 Å². The lowest BCUT2D eigenvalue weighted by atomic mass is 9.76. The van der Waals surface area contributed by atoms with Crippen LogP contribution in [0.3, 0.4) is 0 Å². The molecule has 1 saturated heterocycles. The van der Waals surface area contributed by atoms with Crippen molar-refractivity contribution in [1.82, 2.24) is 4.98 Å². The standard InChI is InChI=1S/C20H20F2N4O3S/c21-11-29-14-2-4-17(24-8-14)18(27)25-13-1-3-16(22)15(7-13)20-10-28-6-5-12(20)9-30-19(23)26-20/h1-4,7-8,12H,5-6,9-11H2,(H2,23,26)(H,25,27)/t12?,20-/m1/s1. The summed E-state index contributed by atoms with van der Waals surface area (Å²) in [7, 11) is 0. The number of aromatic nitrogens is 1. The highest BCUT2D eigenvalue weighted by Gasteiger charge is 2.47. The third-order valence-electron chi connectivity index (χ3n) is 5.23. The molecule has 2 atom stereocenters. The van der Waals surface area contributed by atoms with Crippen molar-refractivity contribution >= 4 is 28.5 Å². The Bertz CT molecular complexity index is 973. The number of alkyl halides is 1. The van der Waals surface area contributed by atoms with Crippen LogP contribution in [0.1, 0.15) is 22.5 Å². The fourth-order valence-corrected chi connectivity index (χ4v) is 4.76. The van der Waals surface area contributed by atoms with Crippen LogP contribution in [0.5, 0.6) is 5.75 Å². The molecule has 2 aliphatic heterocycles. The highest BCUT2D eigenvalue weighted by atomic mass is 32.2. The Balaban J connectivity index is 1.62. The SMILES string of the molecule is NC1=N[C@]2(c3cc(NC(=O)c4ccc(OCF)cn4)ccc3F)COCCC2CS1. The molecule has 10 heteroatoms. The fourth-order valence-electron chi connectivity index (χ4n) is 3.72. The van der Waals surface area contributed by atoms with Crippen LogP contribution in [0.4, 0.5) is 14.5 Å². The molecule has 1 aromatic carbocycles. The zero-order valence-corrected chi connectivity index (χ0v) is 16.8. The number of amidine groups is 1. The molecule has 3 N–H and O–H groups in total. The van der Waals surface area contributed by atoms with E-state index in [9.17, 15) is 13.6 Å². The lowest BCUT2D eigenvalue weighted by molar-refractivity contribution is 0.00304. The largest absolute Gasteiger partial charge is 0.461 e. The van der Waals surface area contributed by atoms with Gasteiger partial charge in [0.15, 0.2) is 5.17 Å². The third-order valence-corrected chi connectivity index (χ3v) is 6.19. The van der Waals surface area contributed by atoms with Crippen molar-refractivity contribution < 1.29 is 23.0 Å². The Morgan fingerprint density at radius 1 is 1.40 bits per heavy atom. The van der Waals surface area contributed by atoms with E-state index in [4.69, 9.17) is 10.5 Å². The van der Waals surface area contributed by atoms with Gasteiger partial charge in [0.2, 0.25) is 6.86 Å². The van der Waals surface area contributed by atoms with E-state index in [2.05, 4.69) is 20.0 Å². The number of ether oxygens (including phenoxy) is 2. The number of benzene rings is 1. The van der Waals surface area contributed by atoms with Gasteiger partial charge in [-0.25, -0.2) is 18.8 Å². The number of hydrogen-bond donors (Lipinski definition) is 2. The van der Waals surface area contributed by atoms with Gasteiger partial charge < -0.3 is 20.5 Å². The highest BCUT2D eigenvalue weighted by molar-refractivity contribution is 8.13. The van der Waals surface area contributed by atoms with E-state index in [1.807, 2.05) is 0 Å². The first kappa shape index (κ1) is 20.5. The van der Waals surface area contributed by atoms with E-state index < -0.39 is 24.1 Å². The molecule has 7 nitrogen and oxygen atoms in total. The van der Waals surface area contributed by atoms with Crippen molar-refractivity contribution in [1.29, 1.82) is 0 Å². The molecule has 3 heterocycles. The lowest BCUT2D eigenvalue weighted by Crippen LogP contribution is -2.48. The van der Waals surface area contributed by atoms with Crippen LogP contribution in [-0.2, 0) is 10.3 Å². The average Bonchev–Trinajstić information content (AvgIpc) is 2.75. The molecule has 0 spiro atoms. The topological polar surface area (TPSA) is 98.8 Å². The second kappa shape index (κ2) is 8.57. The first-order valence-corrected chi connectivity index (χ1v) is 10.3. The summed E-state index contributed by atoms with van der Waals surface area (Å²) in [6.07, 6.45) is 2.00. The van der Waals surface area contributed by atoms with E-state index in [1.165, 1.54) is 42.2 Å². The number of amides is 1. The molecular formula is C20H20F2N4O3S. The maximum Gasteiger partial charge on any atom is 0.274 e. The number of halogens is 2. The molecule has 1 fully saturated rings. The van der Waals surface area contributed by atoms with Gasteiger partial charge in [0, 0.05) is 29.5 Å². The van der Waals surface area contributed by atoms with Crippen molar-refractivity contribution in [2.75, 3.05) is 31.1 Å². The summed E-state index contributed by atoms with van der Waals surface area (Å²) >= 11 is 1.46. The molecule has 158 valence electrons. The van der Waals surface area contributed by atoms with Crippen LogP contribution in [0.25, 0.3) is 0 Å². The molecule has 1 unspecified atom stereocenters. The number of carbonyl (C=O) groups is 1. The molecule has 0 radical (unpaired) electrons. The van der Waals surface area contributed by atoms with Gasteiger partial charge in [0.1, 0.15) is 22.8 Å². The third kappa shape index (κ3) is 3.97. The van der Waals surface area contributed by atoms with E-state index in [0.29, 0.717) is 23.0 Å². The van der Waals surface area contributed by atoms with Crippen molar-refractivity contribution in [2.24, 2.45) is 16.6 Å². The molecule has 1 amide bonds. The number of carbonyl (C=O) groups excluding carboxylic acids is 1. The summed E-state index contributed by atoms with van der Waals surface area (Å²) in [6, 6.07) is 7.19. The Kier molecular flexibility index (Phi) is 5.87. The number of nitrogens with zero attached hydrogens (tertiary/aromatic N) is 2. The predicted octanol–water partition coefficient (Wildman–Crippen LogP) is 3.07. The molecule has 1 aromatic heterocycles. The van der Waals surface area contributed by atoms with Gasteiger partial charge in [-0.1, -0.05) is 11.8 Å². The zero-order chi connectivity index (χ0) is 21.1. The summed E-state index contributed by atoms with van der Waals surface area (Å²) < 4.78 is 37.4. The number of rotatable bonds is 5. The first-order valence-electron chi connectivity index (χ1n) is 9.34. The van der Waals surface area contributed by atoms with Gasteiger partial charge in [0.25, 0.3) is 5.91 Å². The fraction of sp³-hybridized carbons (Fsp3) is 0.350. The van der Waals surface area contributed by atoms with Crippen LogP contribution < -0.4 is 15.8 Å². The van der Waals surface area contributed by atoms with Crippen LogP contribution in [0.15, 0.2) is 41.5 Å². The van der Waals surface area contributed by atoms with Crippen molar-refractivity contribution in [3.05, 3.63) is 53.6 Å². The van der Waals surface area contributed by atoms with E-state index in [0.717, 1.165) is 12.2 Å². The molecule has 30 heavy (non-hydrogen) atoms. The number of hydrogen-bond acceptors (Lipinski definition) is 7. The minimum atomic E-state index is -0.983. The number of aliphatic imine (C=N–C) groups is 1. The van der Waals surface area contributed by atoms with Gasteiger partial charge in [-0.05, 0) is 36.8 Å². The number of thioether (sulfide) groups is 1. The minimum absolute atomic E-state index is 0.0775. The molecule has 2 aliphatic rings. The molecule has 4 rings (SSSR count). The van der Waals surface area contributed by atoms with Crippen LogP contribution in [0.2, 0.25) is 0 Å². The van der Waals surface area contributed by atoms with Crippen LogP contribution in [0, 0.1) is 11.7 Å². The maximum absolute atomic E-state index is 14.9. The normalized spacial score (nSPS) is 23.3. The van der Waals surface area contributed by atoms with Crippen molar-refractivity contribution in [2.45, 2.75) is 12.0 Å². The maximum atomic E-state index is 14.9. The van der Waals surface area contributed by atoms with Gasteiger partial charge in [-0.3, -0.25) is 4.79 Å². The van der Waals surface area contributed by atoms with Gasteiger partial charge in [-0.2, -0.15) is 0 Å². The molecule has 0 bridgehead atoms. The van der Waals surface area contributed by atoms with Gasteiger partial charge >= 0.3 is 0 Å². The van der Waals surface area contributed by atoms with Crippen LogP contribution in [-0.4, -0.2) is 41.9 Å². The number of pyridine rings is 1. The Morgan fingerprint density at radius 2 is 2.27 bits per heavy atom. The molecule has 0 aliphatic carbocycles. The van der Waals surface area contributed by atoms with E-state index in [1.54, 1.807) is 6.07 Å². The average molecular weight is 434 g/mol. The molecule has 0 saturated carbocycles. The lowest BCUT2D eigenvalue weighted by Gasteiger charge is -2.43. The Hall–Kier alpha value is -2.72. The second-order valence-electron chi connectivity index (χ2n) is 7.00. The smallest absolute Gasteiger partial charge is 0.274 e. The summed E-state index contributed by atoms with van der Waals surface area (Å²) in [4.78, 5) is 21.1. The first-order chi connectivity index (χ1) is 14.5. The number of anilines is 1. The summed E-state index contributed by atoms with van der Waals surface area (Å²) in [5, 5.41) is 3.10. The van der Waals surface area contributed by atoms with Crippen LogP contribution >= 0.6 is 11.8 Å². The number of fused-ring (bicyclic) bond motifs is 1. The molecular weight excluding hydrogens is 414 g/mol. The minimum Gasteiger partial charge on any atom is -0.461 e. The zero-order valence-electron chi connectivity index (χ0n) is 15.9. The summed E-state index contributed by atoms with van der Waals surface area (Å²) in [5.41, 5.74) is 5.90. The monoisotopic (exact) mass is 434 g/mol.